The summed E-state index contributed by atoms with van der Waals surface area (Å²) >= 11 is 0. The number of para-hydroxylation sites is 1. The number of benzene rings is 3. The van der Waals surface area contributed by atoms with Gasteiger partial charge in [0, 0.05) is 16.6 Å². The maximum absolute atomic E-state index is 13.7. The molecular weight excluding hydrogens is 334 g/mol. The van der Waals surface area contributed by atoms with Gasteiger partial charge in [-0.05, 0) is 41.1 Å². The van der Waals surface area contributed by atoms with Crippen molar-refractivity contribution in [1.82, 2.24) is 4.57 Å². The van der Waals surface area contributed by atoms with E-state index in [-0.39, 0.29) is 11.3 Å². The highest BCUT2D eigenvalue weighted by Gasteiger charge is 2.54. The van der Waals surface area contributed by atoms with E-state index in [9.17, 15) is 9.59 Å². The topological polar surface area (TPSA) is 39.1 Å². The third kappa shape index (κ3) is 1.62. The summed E-state index contributed by atoms with van der Waals surface area (Å²) < 4.78 is 1.75. The van der Waals surface area contributed by atoms with Crippen LogP contribution in [0.5, 0.6) is 0 Å². The van der Waals surface area contributed by atoms with Crippen molar-refractivity contribution in [2.45, 2.75) is 11.8 Å². The van der Waals surface area contributed by atoms with Gasteiger partial charge in [0.1, 0.15) is 5.41 Å². The zero-order valence-corrected chi connectivity index (χ0v) is 14.5. The minimum absolute atomic E-state index is 0.0591. The number of rotatable bonds is 0. The number of nitrogens with zero attached hydrogens (tertiary/aromatic N) is 1. The molecule has 2 aliphatic rings. The van der Waals surface area contributed by atoms with Crippen molar-refractivity contribution in [3.05, 3.63) is 112 Å². The molecule has 1 aromatic heterocycles. The Hall–Kier alpha value is -3.46. The van der Waals surface area contributed by atoms with Crippen LogP contribution in [0.25, 0.3) is 16.5 Å². The minimum atomic E-state index is -0.816. The van der Waals surface area contributed by atoms with Gasteiger partial charge >= 0.3 is 0 Å². The Labute approximate surface area is 155 Å². The van der Waals surface area contributed by atoms with Crippen LogP contribution in [0.3, 0.4) is 0 Å². The van der Waals surface area contributed by atoms with Crippen LogP contribution < -0.4 is 5.56 Å². The zero-order valence-electron chi connectivity index (χ0n) is 14.5. The van der Waals surface area contributed by atoms with Crippen LogP contribution in [0, 0.1) is 0 Å². The molecule has 0 bridgehead atoms. The van der Waals surface area contributed by atoms with E-state index in [4.69, 9.17) is 0 Å². The highest BCUT2D eigenvalue weighted by molar-refractivity contribution is 6.12. The SMILES string of the molecule is O=C1c2ccccc2CC12c1ccccc1-n1c2cc2ccccc2c1=O. The summed E-state index contributed by atoms with van der Waals surface area (Å²) in [6.07, 6.45) is 0.594. The summed E-state index contributed by atoms with van der Waals surface area (Å²) in [5.74, 6) is 0.0893. The van der Waals surface area contributed by atoms with Crippen molar-refractivity contribution < 1.29 is 4.79 Å². The normalized spacial score (nSPS) is 19.3. The molecule has 0 saturated heterocycles. The number of carbonyl (C=O) groups excluding carboxylic acids is 1. The number of aromatic nitrogens is 1. The van der Waals surface area contributed by atoms with Gasteiger partial charge in [-0.2, -0.15) is 0 Å². The second-order valence-electron chi connectivity index (χ2n) is 7.34. The minimum Gasteiger partial charge on any atom is -0.293 e. The van der Waals surface area contributed by atoms with Crippen molar-refractivity contribution in [2.75, 3.05) is 0 Å². The molecule has 1 spiro atoms. The van der Waals surface area contributed by atoms with Gasteiger partial charge in [0.05, 0.1) is 5.69 Å². The van der Waals surface area contributed by atoms with Gasteiger partial charge in [0.15, 0.2) is 5.78 Å². The van der Waals surface area contributed by atoms with Crippen LogP contribution in [0.2, 0.25) is 0 Å². The lowest BCUT2D eigenvalue weighted by molar-refractivity contribution is 0.0930. The number of Topliss-reactive ketones (excluding diaryl/α,β-unsaturated/α-hetero) is 1. The van der Waals surface area contributed by atoms with Crippen LogP contribution in [0.15, 0.2) is 83.7 Å². The average Bonchev–Trinajstić information content (AvgIpc) is 3.16. The first-order chi connectivity index (χ1) is 13.2. The lowest BCUT2D eigenvalue weighted by Crippen LogP contribution is -2.34. The van der Waals surface area contributed by atoms with Crippen molar-refractivity contribution in [2.24, 2.45) is 0 Å². The van der Waals surface area contributed by atoms with Gasteiger partial charge in [-0.3, -0.25) is 14.2 Å². The maximum atomic E-state index is 13.7. The van der Waals surface area contributed by atoms with Gasteiger partial charge < -0.3 is 0 Å². The predicted octanol–water partition coefficient (Wildman–Crippen LogP) is 4.03. The third-order valence-electron chi connectivity index (χ3n) is 6.07. The number of pyridine rings is 1. The largest absolute Gasteiger partial charge is 0.293 e. The second kappa shape index (κ2) is 4.83. The Morgan fingerprint density at radius 1 is 0.815 bits per heavy atom. The lowest BCUT2D eigenvalue weighted by atomic mass is 9.75. The molecule has 0 N–H and O–H groups in total. The third-order valence-corrected chi connectivity index (χ3v) is 6.07. The van der Waals surface area contributed by atoms with Gasteiger partial charge in [-0.1, -0.05) is 60.7 Å². The van der Waals surface area contributed by atoms with Crippen LogP contribution in [-0.2, 0) is 11.8 Å². The standard InChI is InChI=1S/C24H15NO2/c26-22-17-9-3-2-8-16(17)14-24(22)19-11-5-6-12-20(19)25-21(24)13-15-7-1-4-10-18(15)23(25)27/h1-13H,14H2. The summed E-state index contributed by atoms with van der Waals surface area (Å²) in [6, 6.07) is 25.3. The Morgan fingerprint density at radius 3 is 2.44 bits per heavy atom. The molecule has 1 aliphatic heterocycles. The molecule has 0 amide bonds. The van der Waals surface area contributed by atoms with Gasteiger partial charge in [0.2, 0.25) is 0 Å². The number of ketones is 1. The summed E-state index contributed by atoms with van der Waals surface area (Å²) in [6.45, 7) is 0. The molecule has 0 fully saturated rings. The van der Waals surface area contributed by atoms with Crippen LogP contribution >= 0.6 is 0 Å². The predicted molar refractivity (Wildman–Crippen MR) is 105 cm³/mol. The van der Waals surface area contributed by atoms with E-state index in [0.717, 1.165) is 33.5 Å². The number of hydrogen-bond acceptors (Lipinski definition) is 2. The molecule has 27 heavy (non-hydrogen) atoms. The van der Waals surface area contributed by atoms with Crippen molar-refractivity contribution in [3.8, 4) is 5.69 Å². The molecule has 0 saturated carbocycles. The smallest absolute Gasteiger partial charge is 0.263 e. The molecule has 128 valence electrons. The number of carbonyl (C=O) groups is 1. The van der Waals surface area contributed by atoms with Crippen LogP contribution in [-0.4, -0.2) is 10.4 Å². The first-order valence-corrected chi connectivity index (χ1v) is 9.10. The summed E-state index contributed by atoms with van der Waals surface area (Å²) in [5.41, 5.74) is 3.48. The van der Waals surface area contributed by atoms with E-state index in [1.165, 1.54) is 0 Å². The van der Waals surface area contributed by atoms with Gasteiger partial charge in [-0.25, -0.2) is 0 Å². The van der Waals surface area contributed by atoms with E-state index in [0.29, 0.717) is 11.8 Å². The molecule has 3 heteroatoms. The molecule has 0 radical (unpaired) electrons. The highest BCUT2D eigenvalue weighted by atomic mass is 16.1. The maximum Gasteiger partial charge on any atom is 0.263 e. The van der Waals surface area contributed by atoms with E-state index < -0.39 is 5.41 Å². The Kier molecular flexibility index (Phi) is 2.63. The molecular formula is C24H15NO2. The molecule has 3 aromatic carbocycles. The zero-order chi connectivity index (χ0) is 18.2. The van der Waals surface area contributed by atoms with E-state index in [2.05, 4.69) is 0 Å². The van der Waals surface area contributed by atoms with E-state index in [1.807, 2.05) is 78.9 Å². The van der Waals surface area contributed by atoms with Crippen LogP contribution in [0.4, 0.5) is 0 Å². The number of fused-ring (bicyclic) bond motifs is 7. The molecule has 4 aromatic rings. The summed E-state index contributed by atoms with van der Waals surface area (Å²) in [4.78, 5) is 27.0. The second-order valence-corrected chi connectivity index (χ2v) is 7.34. The van der Waals surface area contributed by atoms with Crippen molar-refractivity contribution in [3.63, 3.8) is 0 Å². The van der Waals surface area contributed by atoms with Gasteiger partial charge in [-0.15, -0.1) is 0 Å². The lowest BCUT2D eigenvalue weighted by Gasteiger charge is -2.23. The Bertz CT molecular complexity index is 1350. The molecule has 1 unspecified atom stereocenters. The quantitative estimate of drug-likeness (QED) is 0.481. The first kappa shape index (κ1) is 14.7. The Morgan fingerprint density at radius 2 is 1.56 bits per heavy atom. The van der Waals surface area contributed by atoms with Crippen molar-refractivity contribution in [1.29, 1.82) is 0 Å². The van der Waals surface area contributed by atoms with Crippen molar-refractivity contribution >= 4 is 16.6 Å². The molecule has 1 atom stereocenters. The van der Waals surface area contributed by atoms with Crippen LogP contribution in [0.1, 0.15) is 27.2 Å². The fraction of sp³-hybridized carbons (Fsp3) is 0.0833. The summed E-state index contributed by atoms with van der Waals surface area (Å²) in [7, 11) is 0. The molecule has 6 rings (SSSR count). The molecule has 1 aliphatic carbocycles. The summed E-state index contributed by atoms with van der Waals surface area (Å²) in [5, 5.41) is 1.56. The van der Waals surface area contributed by atoms with E-state index in [1.54, 1.807) is 4.57 Å². The van der Waals surface area contributed by atoms with E-state index >= 15 is 0 Å². The Balaban J connectivity index is 1.79. The molecule has 3 nitrogen and oxygen atoms in total. The number of hydrogen-bond donors (Lipinski definition) is 0. The monoisotopic (exact) mass is 349 g/mol. The average molecular weight is 349 g/mol. The van der Waals surface area contributed by atoms with Gasteiger partial charge in [0.25, 0.3) is 5.56 Å². The highest BCUT2D eigenvalue weighted by Crippen LogP contribution is 2.50. The molecule has 2 heterocycles. The fourth-order valence-corrected chi connectivity index (χ4v) is 4.90. The first-order valence-electron chi connectivity index (χ1n) is 9.10. The fourth-order valence-electron chi connectivity index (χ4n) is 4.90.